The number of aryl methyl sites for hydroxylation is 1. The molecule has 0 unspecified atom stereocenters. The van der Waals surface area contributed by atoms with Crippen molar-refractivity contribution in [3.63, 3.8) is 0 Å². The number of methoxy groups -OCH3 is 1. The lowest BCUT2D eigenvalue weighted by Gasteiger charge is -2.36. The van der Waals surface area contributed by atoms with E-state index in [1.807, 2.05) is 42.2 Å². The van der Waals surface area contributed by atoms with Crippen LogP contribution >= 0.6 is 11.6 Å². The van der Waals surface area contributed by atoms with E-state index in [0.717, 1.165) is 35.8 Å². The summed E-state index contributed by atoms with van der Waals surface area (Å²) in [5.74, 6) is 0.842. The highest BCUT2D eigenvalue weighted by atomic mass is 35.5. The highest BCUT2D eigenvalue weighted by molar-refractivity contribution is 6.31. The maximum Gasteiger partial charge on any atom is 0.321 e. The van der Waals surface area contributed by atoms with Crippen molar-refractivity contribution in [1.29, 1.82) is 0 Å². The third-order valence-corrected chi connectivity index (χ3v) is 4.82. The average molecular weight is 360 g/mol. The Bertz CT molecular complexity index is 758. The number of carbonyl (C=O) groups excluding carboxylic acids is 1. The molecule has 1 aliphatic heterocycles. The number of rotatable bonds is 3. The first-order valence-corrected chi connectivity index (χ1v) is 8.65. The number of benzene rings is 2. The summed E-state index contributed by atoms with van der Waals surface area (Å²) < 4.78 is 5.28. The number of piperazine rings is 1. The zero-order valence-electron chi connectivity index (χ0n) is 14.5. The molecule has 1 N–H and O–H groups in total. The summed E-state index contributed by atoms with van der Waals surface area (Å²) in [6, 6.07) is 13.4. The Kier molecular flexibility index (Phi) is 5.34. The summed E-state index contributed by atoms with van der Waals surface area (Å²) in [6.07, 6.45) is 0. The van der Waals surface area contributed by atoms with E-state index < -0.39 is 0 Å². The van der Waals surface area contributed by atoms with Gasteiger partial charge in [0.25, 0.3) is 0 Å². The molecule has 5 nitrogen and oxygen atoms in total. The summed E-state index contributed by atoms with van der Waals surface area (Å²) >= 11 is 6.11. The van der Waals surface area contributed by atoms with Crippen molar-refractivity contribution in [2.45, 2.75) is 6.92 Å². The smallest absolute Gasteiger partial charge is 0.321 e. The molecule has 132 valence electrons. The van der Waals surface area contributed by atoms with Crippen molar-refractivity contribution in [3.8, 4) is 5.75 Å². The van der Waals surface area contributed by atoms with E-state index in [4.69, 9.17) is 16.3 Å². The van der Waals surface area contributed by atoms with Crippen LogP contribution in [0.5, 0.6) is 5.75 Å². The van der Waals surface area contributed by atoms with Crippen molar-refractivity contribution in [1.82, 2.24) is 4.90 Å². The van der Waals surface area contributed by atoms with Crippen LogP contribution in [-0.4, -0.2) is 44.2 Å². The molecule has 1 aliphatic rings. The lowest BCUT2D eigenvalue weighted by molar-refractivity contribution is 0.208. The molecule has 2 aromatic carbocycles. The maximum absolute atomic E-state index is 12.4. The van der Waals surface area contributed by atoms with Crippen molar-refractivity contribution in [3.05, 3.63) is 53.1 Å². The Morgan fingerprint density at radius 1 is 1.12 bits per heavy atom. The molecule has 1 heterocycles. The van der Waals surface area contributed by atoms with Crippen LogP contribution in [0.25, 0.3) is 0 Å². The number of nitrogens with zero attached hydrogens (tertiary/aromatic N) is 2. The van der Waals surface area contributed by atoms with E-state index in [1.54, 1.807) is 13.2 Å². The molecule has 0 bridgehead atoms. The average Bonchev–Trinajstić information content (AvgIpc) is 2.65. The van der Waals surface area contributed by atoms with Crippen LogP contribution in [0.15, 0.2) is 42.5 Å². The molecule has 0 spiro atoms. The lowest BCUT2D eigenvalue weighted by Crippen LogP contribution is -2.50. The van der Waals surface area contributed by atoms with Gasteiger partial charge in [-0.25, -0.2) is 4.79 Å². The molecule has 1 fully saturated rings. The van der Waals surface area contributed by atoms with Gasteiger partial charge in [0.1, 0.15) is 5.75 Å². The SMILES string of the molecule is COc1cccc(N2CCN(C(=O)Nc3ccc(C)c(Cl)c3)CC2)c1. The first kappa shape index (κ1) is 17.4. The number of halogens is 1. The molecular weight excluding hydrogens is 338 g/mol. The lowest BCUT2D eigenvalue weighted by atomic mass is 10.2. The minimum Gasteiger partial charge on any atom is -0.497 e. The molecule has 0 saturated carbocycles. The third kappa shape index (κ3) is 4.17. The van der Waals surface area contributed by atoms with Gasteiger partial charge in [0.2, 0.25) is 0 Å². The van der Waals surface area contributed by atoms with Gasteiger partial charge in [-0.05, 0) is 36.8 Å². The number of amides is 2. The minimum absolute atomic E-state index is 0.0924. The Labute approximate surface area is 153 Å². The minimum atomic E-state index is -0.0924. The quantitative estimate of drug-likeness (QED) is 0.900. The fourth-order valence-corrected chi connectivity index (χ4v) is 3.03. The van der Waals surface area contributed by atoms with Gasteiger partial charge in [-0.3, -0.25) is 0 Å². The molecule has 3 rings (SSSR count). The van der Waals surface area contributed by atoms with Crippen molar-refractivity contribution < 1.29 is 9.53 Å². The van der Waals surface area contributed by atoms with E-state index >= 15 is 0 Å². The molecule has 2 aromatic rings. The zero-order valence-corrected chi connectivity index (χ0v) is 15.2. The van der Waals surface area contributed by atoms with E-state index in [9.17, 15) is 4.79 Å². The second-order valence-corrected chi connectivity index (χ2v) is 6.48. The van der Waals surface area contributed by atoms with Gasteiger partial charge >= 0.3 is 6.03 Å². The van der Waals surface area contributed by atoms with E-state index in [2.05, 4.69) is 16.3 Å². The number of hydrogen-bond acceptors (Lipinski definition) is 3. The van der Waals surface area contributed by atoms with Gasteiger partial charge in [-0.2, -0.15) is 0 Å². The van der Waals surface area contributed by atoms with Crippen LogP contribution < -0.4 is 15.0 Å². The molecular formula is C19H22ClN3O2. The summed E-state index contributed by atoms with van der Waals surface area (Å²) in [4.78, 5) is 16.5. The first-order valence-electron chi connectivity index (χ1n) is 8.28. The molecule has 1 saturated heterocycles. The predicted octanol–water partition coefficient (Wildman–Crippen LogP) is 4.01. The van der Waals surface area contributed by atoms with Gasteiger partial charge < -0.3 is 19.9 Å². The predicted molar refractivity (Wildman–Crippen MR) is 102 cm³/mol. The zero-order chi connectivity index (χ0) is 17.8. The van der Waals surface area contributed by atoms with E-state index in [0.29, 0.717) is 18.1 Å². The van der Waals surface area contributed by atoms with Gasteiger partial charge in [0.15, 0.2) is 0 Å². The second kappa shape index (κ2) is 7.66. The van der Waals surface area contributed by atoms with E-state index in [-0.39, 0.29) is 6.03 Å². The Balaban J connectivity index is 1.57. The molecule has 0 aliphatic carbocycles. The summed E-state index contributed by atoms with van der Waals surface area (Å²) in [7, 11) is 1.67. The molecule has 0 radical (unpaired) electrons. The highest BCUT2D eigenvalue weighted by Gasteiger charge is 2.21. The molecule has 6 heteroatoms. The van der Waals surface area contributed by atoms with Crippen LogP contribution in [0, 0.1) is 6.92 Å². The summed E-state index contributed by atoms with van der Waals surface area (Å²) in [5, 5.41) is 3.57. The Morgan fingerprint density at radius 3 is 2.56 bits per heavy atom. The van der Waals surface area contributed by atoms with Crippen molar-refractivity contribution in [2.24, 2.45) is 0 Å². The largest absolute Gasteiger partial charge is 0.497 e. The number of urea groups is 1. The molecule has 25 heavy (non-hydrogen) atoms. The van der Waals surface area contributed by atoms with Crippen LogP contribution in [-0.2, 0) is 0 Å². The number of carbonyl (C=O) groups is 1. The maximum atomic E-state index is 12.4. The summed E-state index contributed by atoms with van der Waals surface area (Å²) in [6.45, 7) is 4.85. The monoisotopic (exact) mass is 359 g/mol. The molecule has 0 aromatic heterocycles. The normalized spacial score (nSPS) is 14.4. The van der Waals surface area contributed by atoms with Gasteiger partial charge in [-0.1, -0.05) is 23.7 Å². The van der Waals surface area contributed by atoms with Gasteiger partial charge in [0, 0.05) is 48.6 Å². The van der Waals surface area contributed by atoms with Crippen molar-refractivity contribution in [2.75, 3.05) is 43.5 Å². The number of nitrogens with one attached hydrogen (secondary N) is 1. The second-order valence-electron chi connectivity index (χ2n) is 6.07. The molecule has 0 atom stereocenters. The van der Waals surface area contributed by atoms with Crippen molar-refractivity contribution >= 4 is 29.0 Å². The first-order chi connectivity index (χ1) is 12.1. The fraction of sp³-hybridized carbons (Fsp3) is 0.316. The number of ether oxygens (including phenoxy) is 1. The fourth-order valence-electron chi connectivity index (χ4n) is 2.85. The van der Waals surface area contributed by atoms with Crippen LogP contribution in [0.3, 0.4) is 0 Å². The van der Waals surface area contributed by atoms with Gasteiger partial charge in [0.05, 0.1) is 7.11 Å². The number of anilines is 2. The van der Waals surface area contributed by atoms with Gasteiger partial charge in [-0.15, -0.1) is 0 Å². The molecule has 2 amide bonds. The number of hydrogen-bond donors (Lipinski definition) is 1. The Hall–Kier alpha value is -2.40. The highest BCUT2D eigenvalue weighted by Crippen LogP contribution is 2.23. The van der Waals surface area contributed by atoms with Crippen LogP contribution in [0.4, 0.5) is 16.2 Å². The Morgan fingerprint density at radius 2 is 1.88 bits per heavy atom. The topological polar surface area (TPSA) is 44.8 Å². The van der Waals surface area contributed by atoms with E-state index in [1.165, 1.54) is 0 Å². The standard InChI is InChI=1S/C19H22ClN3O2/c1-14-6-7-15(12-18(14)20)21-19(24)23-10-8-22(9-11-23)16-4-3-5-17(13-16)25-2/h3-7,12-13H,8-11H2,1-2H3,(H,21,24). The van der Waals surface area contributed by atoms with Crippen LogP contribution in [0.2, 0.25) is 5.02 Å². The van der Waals surface area contributed by atoms with Crippen LogP contribution in [0.1, 0.15) is 5.56 Å². The third-order valence-electron chi connectivity index (χ3n) is 4.41. The summed E-state index contributed by atoms with van der Waals surface area (Å²) in [5.41, 5.74) is 2.83.